The second kappa shape index (κ2) is 6.72. The van der Waals surface area contributed by atoms with Crippen molar-refractivity contribution in [3.8, 4) is 0 Å². The summed E-state index contributed by atoms with van der Waals surface area (Å²) in [7, 11) is 4.31. The Bertz CT molecular complexity index is 424. The lowest BCUT2D eigenvalue weighted by Crippen LogP contribution is -2.37. The van der Waals surface area contributed by atoms with Crippen molar-refractivity contribution in [2.75, 3.05) is 20.1 Å². The molecule has 4 heteroatoms. The summed E-state index contributed by atoms with van der Waals surface area (Å²) in [6.07, 6.45) is 6.03. The van der Waals surface area contributed by atoms with E-state index in [2.05, 4.69) is 49.3 Å². The van der Waals surface area contributed by atoms with Gasteiger partial charge in [0.1, 0.15) is 0 Å². The monoisotopic (exact) mass is 278 g/mol. The maximum absolute atomic E-state index is 4.46. The summed E-state index contributed by atoms with van der Waals surface area (Å²) in [6, 6.07) is 1.05. The summed E-state index contributed by atoms with van der Waals surface area (Å²) >= 11 is 0. The maximum atomic E-state index is 4.46. The third-order valence-corrected chi connectivity index (χ3v) is 4.64. The van der Waals surface area contributed by atoms with Gasteiger partial charge >= 0.3 is 0 Å². The van der Waals surface area contributed by atoms with E-state index in [-0.39, 0.29) is 0 Å². The second-order valence-corrected chi connectivity index (χ2v) is 6.55. The van der Waals surface area contributed by atoms with E-state index in [0.29, 0.717) is 18.0 Å². The Morgan fingerprint density at radius 3 is 2.70 bits per heavy atom. The fraction of sp³-hybridized carbons (Fsp3) is 0.812. The molecule has 2 heterocycles. The summed E-state index contributed by atoms with van der Waals surface area (Å²) in [4.78, 5) is 2.53. The maximum Gasteiger partial charge on any atom is 0.0540 e. The number of nitrogens with zero attached hydrogens (tertiary/aromatic N) is 3. The van der Waals surface area contributed by atoms with Crippen LogP contribution in [0.4, 0.5) is 0 Å². The Balaban J connectivity index is 2.23. The van der Waals surface area contributed by atoms with Gasteiger partial charge in [0.2, 0.25) is 0 Å². The fourth-order valence-electron chi connectivity index (χ4n) is 3.32. The molecule has 1 saturated heterocycles. The van der Waals surface area contributed by atoms with Crippen LogP contribution in [-0.2, 0) is 7.05 Å². The van der Waals surface area contributed by atoms with Crippen LogP contribution >= 0.6 is 0 Å². The zero-order chi connectivity index (χ0) is 14.7. The van der Waals surface area contributed by atoms with Gasteiger partial charge in [0, 0.05) is 36.9 Å². The van der Waals surface area contributed by atoms with Gasteiger partial charge in [-0.25, -0.2) is 0 Å². The first-order chi connectivity index (χ1) is 9.50. The van der Waals surface area contributed by atoms with Crippen molar-refractivity contribution < 1.29 is 0 Å². The molecule has 4 nitrogen and oxygen atoms in total. The van der Waals surface area contributed by atoms with Crippen LogP contribution in [0.3, 0.4) is 0 Å². The molecule has 1 aliphatic heterocycles. The summed E-state index contributed by atoms with van der Waals surface area (Å²) in [5.74, 6) is 0.674. The first-order valence-corrected chi connectivity index (χ1v) is 7.92. The van der Waals surface area contributed by atoms with Gasteiger partial charge in [0.15, 0.2) is 0 Å². The van der Waals surface area contributed by atoms with Crippen LogP contribution in [0.2, 0.25) is 0 Å². The highest BCUT2D eigenvalue weighted by Gasteiger charge is 2.31. The lowest BCUT2D eigenvalue weighted by Gasteiger charge is -2.33. The minimum absolute atomic E-state index is 0.498. The smallest absolute Gasteiger partial charge is 0.0540 e. The van der Waals surface area contributed by atoms with Crippen molar-refractivity contribution in [3.05, 3.63) is 17.5 Å². The van der Waals surface area contributed by atoms with E-state index in [9.17, 15) is 0 Å². The standard InChI is InChI=1S/C16H30N4/c1-12(2)17-10-14-8-6-7-9-19(4)16(14)15-11-18-20(5)13(15)3/h11-12,14,16-17H,6-10H2,1-5H3. The van der Waals surface area contributed by atoms with Gasteiger partial charge in [-0.3, -0.25) is 9.58 Å². The minimum Gasteiger partial charge on any atom is -0.314 e. The number of rotatable bonds is 4. The van der Waals surface area contributed by atoms with Crippen LogP contribution in [0.15, 0.2) is 6.20 Å². The van der Waals surface area contributed by atoms with Gasteiger partial charge in [-0.1, -0.05) is 20.3 Å². The Morgan fingerprint density at radius 2 is 2.10 bits per heavy atom. The number of hydrogen-bond donors (Lipinski definition) is 1. The quantitative estimate of drug-likeness (QED) is 0.918. The molecule has 1 fully saturated rings. The number of aromatic nitrogens is 2. The first-order valence-electron chi connectivity index (χ1n) is 7.92. The highest BCUT2D eigenvalue weighted by molar-refractivity contribution is 5.22. The molecule has 0 aliphatic carbocycles. The molecule has 0 amide bonds. The molecule has 20 heavy (non-hydrogen) atoms. The van der Waals surface area contributed by atoms with Crippen LogP contribution in [0, 0.1) is 12.8 Å². The molecule has 0 saturated carbocycles. The molecule has 1 N–H and O–H groups in total. The van der Waals surface area contributed by atoms with Crippen molar-refractivity contribution >= 4 is 0 Å². The number of aryl methyl sites for hydroxylation is 1. The molecular formula is C16H30N4. The molecule has 1 aromatic heterocycles. The minimum atomic E-state index is 0.498. The zero-order valence-electron chi connectivity index (χ0n) is 13.7. The number of likely N-dealkylation sites (tertiary alicyclic amines) is 1. The molecular weight excluding hydrogens is 248 g/mol. The Morgan fingerprint density at radius 1 is 1.35 bits per heavy atom. The molecule has 2 atom stereocenters. The molecule has 1 aromatic rings. The molecule has 0 radical (unpaired) electrons. The van der Waals surface area contributed by atoms with Crippen LogP contribution in [0.5, 0.6) is 0 Å². The van der Waals surface area contributed by atoms with Crippen LogP contribution in [0.1, 0.15) is 50.4 Å². The van der Waals surface area contributed by atoms with Gasteiger partial charge in [0.05, 0.1) is 6.20 Å². The van der Waals surface area contributed by atoms with Crippen LogP contribution in [0.25, 0.3) is 0 Å². The molecule has 2 rings (SSSR count). The van der Waals surface area contributed by atoms with Crippen molar-refractivity contribution in [3.63, 3.8) is 0 Å². The van der Waals surface area contributed by atoms with Gasteiger partial charge < -0.3 is 5.32 Å². The molecule has 114 valence electrons. The van der Waals surface area contributed by atoms with E-state index in [4.69, 9.17) is 0 Å². The topological polar surface area (TPSA) is 33.1 Å². The molecule has 2 unspecified atom stereocenters. The summed E-state index contributed by atoms with van der Waals surface area (Å²) in [5, 5.41) is 8.09. The van der Waals surface area contributed by atoms with Gasteiger partial charge in [-0.15, -0.1) is 0 Å². The lowest BCUT2D eigenvalue weighted by molar-refractivity contribution is 0.186. The molecule has 1 aliphatic rings. The third kappa shape index (κ3) is 3.41. The summed E-state index contributed by atoms with van der Waals surface area (Å²) in [6.45, 7) is 8.93. The second-order valence-electron chi connectivity index (χ2n) is 6.55. The summed E-state index contributed by atoms with van der Waals surface area (Å²) < 4.78 is 2.00. The van der Waals surface area contributed by atoms with Crippen LogP contribution in [-0.4, -0.2) is 40.9 Å². The Kier molecular flexibility index (Phi) is 5.22. The van der Waals surface area contributed by atoms with E-state index in [0.717, 1.165) is 6.54 Å². The van der Waals surface area contributed by atoms with Crippen molar-refractivity contribution in [1.29, 1.82) is 0 Å². The molecule has 0 spiro atoms. The van der Waals surface area contributed by atoms with E-state index < -0.39 is 0 Å². The van der Waals surface area contributed by atoms with Gasteiger partial charge in [-0.2, -0.15) is 5.10 Å². The number of nitrogens with one attached hydrogen (secondary N) is 1. The van der Waals surface area contributed by atoms with Gasteiger partial charge in [-0.05, 0) is 39.3 Å². The SMILES string of the molecule is Cc1c(C2C(CNC(C)C)CCCCN2C)cnn1C. The van der Waals surface area contributed by atoms with E-state index in [1.807, 2.05) is 11.7 Å². The van der Waals surface area contributed by atoms with E-state index >= 15 is 0 Å². The highest BCUT2D eigenvalue weighted by Crippen LogP contribution is 2.35. The molecule has 0 bridgehead atoms. The Hall–Kier alpha value is -0.870. The lowest BCUT2D eigenvalue weighted by atomic mass is 9.89. The fourth-order valence-corrected chi connectivity index (χ4v) is 3.32. The normalized spacial score (nSPS) is 25.1. The van der Waals surface area contributed by atoms with E-state index in [1.54, 1.807) is 0 Å². The van der Waals surface area contributed by atoms with Crippen molar-refractivity contribution in [2.45, 2.75) is 52.1 Å². The first kappa shape index (κ1) is 15.5. The average molecular weight is 278 g/mol. The highest BCUT2D eigenvalue weighted by atomic mass is 15.3. The predicted molar refractivity (Wildman–Crippen MR) is 83.8 cm³/mol. The van der Waals surface area contributed by atoms with Crippen molar-refractivity contribution in [1.82, 2.24) is 20.0 Å². The van der Waals surface area contributed by atoms with Gasteiger partial charge in [0.25, 0.3) is 0 Å². The Labute approximate surface area is 123 Å². The average Bonchev–Trinajstić information content (AvgIpc) is 2.62. The number of hydrogen-bond acceptors (Lipinski definition) is 3. The van der Waals surface area contributed by atoms with Crippen molar-refractivity contribution in [2.24, 2.45) is 13.0 Å². The zero-order valence-corrected chi connectivity index (χ0v) is 13.7. The summed E-state index contributed by atoms with van der Waals surface area (Å²) in [5.41, 5.74) is 2.71. The third-order valence-electron chi connectivity index (χ3n) is 4.64. The van der Waals surface area contributed by atoms with Crippen LogP contribution < -0.4 is 5.32 Å². The van der Waals surface area contributed by atoms with E-state index in [1.165, 1.54) is 37.1 Å². The predicted octanol–water partition coefficient (Wildman–Crippen LogP) is 2.50. The molecule has 0 aromatic carbocycles. The largest absolute Gasteiger partial charge is 0.314 e.